The Balaban J connectivity index is 1.96. The predicted octanol–water partition coefficient (Wildman–Crippen LogP) is 4.83. The summed E-state index contributed by atoms with van der Waals surface area (Å²) in [6.45, 7) is 2.01. The molecule has 0 atom stereocenters. The maximum atomic E-state index is 12.9. The number of non-ortho nitro benzene ring substituents is 1. The van der Waals surface area contributed by atoms with E-state index in [1.165, 1.54) is 29.3 Å². The molecule has 0 bridgehead atoms. The minimum absolute atomic E-state index is 0.0344. The Morgan fingerprint density at radius 2 is 1.96 bits per heavy atom. The van der Waals surface area contributed by atoms with E-state index in [1.54, 1.807) is 18.2 Å². The first-order chi connectivity index (χ1) is 12.5. The molecule has 0 N–H and O–H groups in total. The van der Waals surface area contributed by atoms with Gasteiger partial charge < -0.3 is 0 Å². The Morgan fingerprint density at radius 1 is 1.23 bits per heavy atom. The van der Waals surface area contributed by atoms with E-state index in [2.05, 4.69) is 5.10 Å². The molecule has 0 aromatic heterocycles. The highest BCUT2D eigenvalue weighted by atomic mass is 35.5. The lowest BCUT2D eigenvalue weighted by molar-refractivity contribution is -0.384. The van der Waals surface area contributed by atoms with Gasteiger partial charge in [-0.05, 0) is 42.3 Å². The molecule has 1 aliphatic rings. The summed E-state index contributed by atoms with van der Waals surface area (Å²) in [7, 11) is 0. The number of nitro benzene ring substituents is 1. The number of carbonyl (C=O) groups excluding carboxylic acids is 1. The van der Waals surface area contributed by atoms with Crippen LogP contribution in [0.4, 0.5) is 11.4 Å². The lowest BCUT2D eigenvalue weighted by Gasteiger charge is -2.11. The third-order valence-electron chi connectivity index (χ3n) is 3.91. The number of anilines is 1. The second-order valence-corrected chi connectivity index (χ2v) is 6.24. The fourth-order valence-electron chi connectivity index (χ4n) is 2.68. The molecule has 132 valence electrons. The van der Waals surface area contributed by atoms with Crippen LogP contribution in [-0.4, -0.2) is 16.5 Å². The van der Waals surface area contributed by atoms with E-state index in [1.807, 2.05) is 19.1 Å². The molecule has 0 fully saturated rings. The Labute approximate surface area is 155 Å². The van der Waals surface area contributed by atoms with Crippen LogP contribution in [0.1, 0.15) is 25.3 Å². The van der Waals surface area contributed by atoms with Crippen molar-refractivity contribution >= 4 is 40.7 Å². The van der Waals surface area contributed by atoms with Crippen LogP contribution in [0.5, 0.6) is 0 Å². The first-order valence-electron chi connectivity index (χ1n) is 8.13. The van der Waals surface area contributed by atoms with Crippen LogP contribution < -0.4 is 5.01 Å². The molecule has 1 heterocycles. The molecule has 7 heteroatoms. The molecule has 1 amide bonds. The molecule has 2 aromatic rings. The summed E-state index contributed by atoms with van der Waals surface area (Å²) in [5, 5.41) is 17.1. The van der Waals surface area contributed by atoms with Gasteiger partial charge in [0.15, 0.2) is 0 Å². The number of hydrogen-bond donors (Lipinski definition) is 0. The number of rotatable bonds is 5. The molecule has 3 rings (SSSR count). The Bertz CT molecular complexity index is 920. The van der Waals surface area contributed by atoms with Gasteiger partial charge in [0.25, 0.3) is 11.6 Å². The average Bonchev–Trinajstić information content (AvgIpc) is 2.92. The van der Waals surface area contributed by atoms with Crippen molar-refractivity contribution in [2.45, 2.75) is 19.8 Å². The standard InChI is InChI=1S/C19H16ClN3O3/c1-2-4-18-17(12-13-5-3-6-14(20)11-13)19(24)22(21-18)15-7-9-16(10-8-15)23(25)26/h3,5-12H,2,4H2,1H3/b17-12+. The second-order valence-electron chi connectivity index (χ2n) is 5.80. The number of nitro groups is 1. The Kier molecular flexibility index (Phi) is 5.14. The van der Waals surface area contributed by atoms with Crippen LogP contribution >= 0.6 is 11.6 Å². The number of benzene rings is 2. The number of amides is 1. The third-order valence-corrected chi connectivity index (χ3v) is 4.14. The summed E-state index contributed by atoms with van der Waals surface area (Å²) in [5.41, 5.74) is 2.47. The molecule has 26 heavy (non-hydrogen) atoms. The number of halogens is 1. The van der Waals surface area contributed by atoms with E-state index in [0.29, 0.717) is 28.4 Å². The van der Waals surface area contributed by atoms with Crippen LogP contribution in [0.2, 0.25) is 5.02 Å². The van der Waals surface area contributed by atoms with E-state index >= 15 is 0 Å². The summed E-state index contributed by atoms with van der Waals surface area (Å²) in [6, 6.07) is 13.0. The number of hydrazone groups is 1. The van der Waals surface area contributed by atoms with Crippen molar-refractivity contribution < 1.29 is 9.72 Å². The summed E-state index contributed by atoms with van der Waals surface area (Å²) < 4.78 is 0. The Hall–Kier alpha value is -2.99. The maximum Gasteiger partial charge on any atom is 0.280 e. The second kappa shape index (κ2) is 7.49. The first-order valence-corrected chi connectivity index (χ1v) is 8.51. The van der Waals surface area contributed by atoms with Crippen LogP contribution in [-0.2, 0) is 4.79 Å². The van der Waals surface area contributed by atoms with Gasteiger partial charge in [-0.3, -0.25) is 14.9 Å². The fraction of sp³-hybridized carbons (Fsp3) is 0.158. The van der Waals surface area contributed by atoms with E-state index < -0.39 is 4.92 Å². The highest BCUT2D eigenvalue weighted by Crippen LogP contribution is 2.28. The van der Waals surface area contributed by atoms with Gasteiger partial charge in [-0.2, -0.15) is 10.1 Å². The fourth-order valence-corrected chi connectivity index (χ4v) is 2.88. The van der Waals surface area contributed by atoms with Gasteiger partial charge in [-0.1, -0.05) is 37.1 Å². The molecule has 0 saturated carbocycles. The molecular weight excluding hydrogens is 354 g/mol. The van der Waals surface area contributed by atoms with E-state index in [-0.39, 0.29) is 11.6 Å². The van der Waals surface area contributed by atoms with E-state index in [9.17, 15) is 14.9 Å². The lowest BCUT2D eigenvalue weighted by atomic mass is 10.0. The van der Waals surface area contributed by atoms with Gasteiger partial charge in [0.05, 0.1) is 21.9 Å². The summed E-state index contributed by atoms with van der Waals surface area (Å²) in [4.78, 5) is 23.2. The molecule has 1 aliphatic heterocycles. The molecule has 6 nitrogen and oxygen atoms in total. The number of carbonyl (C=O) groups is 1. The van der Waals surface area contributed by atoms with Crippen molar-refractivity contribution in [3.63, 3.8) is 0 Å². The molecular formula is C19H16ClN3O3. The zero-order valence-corrected chi connectivity index (χ0v) is 14.8. The smallest absolute Gasteiger partial charge is 0.267 e. The average molecular weight is 370 g/mol. The monoisotopic (exact) mass is 369 g/mol. The molecule has 0 spiro atoms. The van der Waals surface area contributed by atoms with Crippen molar-refractivity contribution in [2.75, 3.05) is 5.01 Å². The molecule has 0 unspecified atom stereocenters. The Morgan fingerprint density at radius 3 is 2.58 bits per heavy atom. The normalized spacial score (nSPS) is 15.5. The van der Waals surface area contributed by atoms with Crippen molar-refractivity contribution in [3.8, 4) is 0 Å². The first kappa shape index (κ1) is 17.8. The van der Waals surface area contributed by atoms with Crippen LogP contribution in [0.15, 0.2) is 59.2 Å². The highest BCUT2D eigenvalue weighted by molar-refractivity contribution is 6.33. The zero-order chi connectivity index (χ0) is 18.7. The third kappa shape index (κ3) is 3.65. The minimum atomic E-state index is -0.480. The number of nitrogens with zero attached hydrogens (tertiary/aromatic N) is 3. The number of hydrogen-bond acceptors (Lipinski definition) is 4. The molecule has 0 aliphatic carbocycles. The minimum Gasteiger partial charge on any atom is -0.267 e. The molecule has 0 radical (unpaired) electrons. The van der Waals surface area contributed by atoms with E-state index in [4.69, 9.17) is 11.6 Å². The highest BCUT2D eigenvalue weighted by Gasteiger charge is 2.30. The largest absolute Gasteiger partial charge is 0.280 e. The van der Waals surface area contributed by atoms with Gasteiger partial charge in [-0.25, -0.2) is 0 Å². The zero-order valence-electron chi connectivity index (χ0n) is 14.1. The summed E-state index contributed by atoms with van der Waals surface area (Å²) in [6.07, 6.45) is 3.27. The van der Waals surface area contributed by atoms with Crippen molar-refractivity contribution in [3.05, 3.63) is 74.8 Å². The lowest BCUT2D eigenvalue weighted by Crippen LogP contribution is -2.21. The van der Waals surface area contributed by atoms with Gasteiger partial charge in [0.2, 0.25) is 0 Å². The quantitative estimate of drug-likeness (QED) is 0.430. The van der Waals surface area contributed by atoms with Crippen LogP contribution in [0, 0.1) is 10.1 Å². The van der Waals surface area contributed by atoms with Crippen molar-refractivity contribution in [2.24, 2.45) is 5.10 Å². The topological polar surface area (TPSA) is 75.8 Å². The molecule has 2 aromatic carbocycles. The van der Waals surface area contributed by atoms with Crippen LogP contribution in [0.3, 0.4) is 0 Å². The van der Waals surface area contributed by atoms with Crippen molar-refractivity contribution in [1.82, 2.24) is 0 Å². The van der Waals surface area contributed by atoms with E-state index in [0.717, 1.165) is 12.0 Å². The predicted molar refractivity (Wildman–Crippen MR) is 102 cm³/mol. The van der Waals surface area contributed by atoms with Crippen molar-refractivity contribution in [1.29, 1.82) is 0 Å². The van der Waals surface area contributed by atoms with Gasteiger partial charge >= 0.3 is 0 Å². The SMILES string of the molecule is CCCC1=NN(c2ccc([N+](=O)[O-])cc2)C(=O)/C1=C/c1cccc(Cl)c1. The van der Waals surface area contributed by atoms with Gasteiger partial charge in [0.1, 0.15) is 0 Å². The van der Waals surface area contributed by atoms with Gasteiger partial charge in [-0.15, -0.1) is 0 Å². The van der Waals surface area contributed by atoms with Crippen LogP contribution in [0.25, 0.3) is 6.08 Å². The summed E-state index contributed by atoms with van der Waals surface area (Å²) >= 11 is 6.02. The summed E-state index contributed by atoms with van der Waals surface area (Å²) in [5.74, 6) is -0.262. The molecule has 0 saturated heterocycles. The maximum absolute atomic E-state index is 12.9. The van der Waals surface area contributed by atoms with Gasteiger partial charge in [0, 0.05) is 17.2 Å².